The molecule has 2 N–H and O–H groups in total. The molecule has 19 heavy (non-hydrogen) atoms. The van der Waals surface area contributed by atoms with Crippen LogP contribution in [-0.2, 0) is 14.4 Å². The zero-order chi connectivity index (χ0) is 14.0. The Hall–Kier alpha value is -1.59. The number of nitrogens with one attached hydrogen (secondary N) is 1. The number of carbonyl (C=O) groups excluding carboxylic acids is 2. The molecule has 6 heteroatoms. The Kier molecular flexibility index (Phi) is 4.07. The molecule has 3 atom stereocenters. The van der Waals surface area contributed by atoms with Crippen molar-refractivity contribution in [2.45, 2.75) is 26.2 Å². The molecule has 2 fully saturated rings. The van der Waals surface area contributed by atoms with Gasteiger partial charge in [0.25, 0.3) is 0 Å². The van der Waals surface area contributed by atoms with Crippen molar-refractivity contribution in [1.29, 1.82) is 0 Å². The molecule has 1 aliphatic carbocycles. The number of aliphatic carboxylic acids is 1. The maximum Gasteiger partial charge on any atom is 0.307 e. The van der Waals surface area contributed by atoms with Crippen LogP contribution in [0.1, 0.15) is 26.2 Å². The molecule has 2 aliphatic rings. The predicted octanol–water partition coefficient (Wildman–Crippen LogP) is 0.0818. The topological polar surface area (TPSA) is 86.7 Å². The number of hydrogen-bond acceptors (Lipinski definition) is 3. The van der Waals surface area contributed by atoms with Crippen LogP contribution in [0.25, 0.3) is 0 Å². The van der Waals surface area contributed by atoms with E-state index in [1.54, 1.807) is 0 Å². The number of carboxylic acids is 1. The predicted molar refractivity (Wildman–Crippen MR) is 67.2 cm³/mol. The monoisotopic (exact) mass is 268 g/mol. The van der Waals surface area contributed by atoms with E-state index in [9.17, 15) is 19.5 Å². The molecule has 1 saturated carbocycles. The van der Waals surface area contributed by atoms with Gasteiger partial charge in [-0.05, 0) is 18.8 Å². The fourth-order valence-corrected chi connectivity index (χ4v) is 3.08. The lowest BCUT2D eigenvalue weighted by atomic mass is 9.94. The lowest BCUT2D eigenvalue weighted by Crippen LogP contribution is -2.52. The number of rotatable bonds is 3. The minimum atomic E-state index is -0.893. The van der Waals surface area contributed by atoms with E-state index in [1.807, 2.05) is 6.92 Å². The molecule has 0 aromatic heterocycles. The van der Waals surface area contributed by atoms with E-state index in [-0.39, 0.29) is 18.4 Å². The maximum atomic E-state index is 12.4. The third-order valence-electron chi connectivity index (χ3n) is 4.22. The van der Waals surface area contributed by atoms with Crippen LogP contribution in [0.2, 0.25) is 0 Å². The molecule has 0 bridgehead atoms. The summed E-state index contributed by atoms with van der Waals surface area (Å²) in [6, 6.07) is 0. The molecule has 106 valence electrons. The van der Waals surface area contributed by atoms with Gasteiger partial charge in [-0.3, -0.25) is 14.4 Å². The van der Waals surface area contributed by atoms with Crippen LogP contribution in [-0.4, -0.2) is 47.4 Å². The molecular formula is C13H20N2O4. The van der Waals surface area contributed by atoms with Crippen molar-refractivity contribution < 1.29 is 19.5 Å². The highest BCUT2D eigenvalue weighted by atomic mass is 16.4. The molecule has 0 spiro atoms. The highest BCUT2D eigenvalue weighted by Gasteiger charge is 2.44. The summed E-state index contributed by atoms with van der Waals surface area (Å²) in [6.07, 6.45) is 2.10. The molecule has 2 amide bonds. The van der Waals surface area contributed by atoms with Crippen LogP contribution in [0.3, 0.4) is 0 Å². The van der Waals surface area contributed by atoms with Gasteiger partial charge >= 0.3 is 5.97 Å². The van der Waals surface area contributed by atoms with E-state index in [0.29, 0.717) is 31.8 Å². The number of amides is 2. The quantitative estimate of drug-likeness (QED) is 0.759. The average Bonchev–Trinajstić information content (AvgIpc) is 2.82. The Morgan fingerprint density at radius 1 is 1.37 bits per heavy atom. The number of carboxylic acid groups (broad SMARTS) is 1. The second kappa shape index (κ2) is 5.59. The molecule has 6 nitrogen and oxygen atoms in total. The summed E-state index contributed by atoms with van der Waals surface area (Å²) in [7, 11) is 0. The zero-order valence-corrected chi connectivity index (χ0v) is 11.1. The molecule has 1 unspecified atom stereocenters. The van der Waals surface area contributed by atoms with E-state index in [4.69, 9.17) is 0 Å². The lowest BCUT2D eigenvalue weighted by molar-refractivity contribution is -0.150. The number of piperazine rings is 1. The average molecular weight is 268 g/mol. The van der Waals surface area contributed by atoms with E-state index >= 15 is 0 Å². The fraction of sp³-hybridized carbons (Fsp3) is 0.769. The van der Waals surface area contributed by atoms with Crippen molar-refractivity contribution in [2.75, 3.05) is 19.6 Å². The first kappa shape index (κ1) is 13.8. The third-order valence-corrected chi connectivity index (χ3v) is 4.22. The van der Waals surface area contributed by atoms with E-state index in [0.717, 1.165) is 6.42 Å². The molecule has 2 rings (SSSR count). The SMILES string of the molecule is CCC1C[C@H](C(=O)N2CCNC(=O)C2)[C@H](C(=O)O)C1. The highest BCUT2D eigenvalue weighted by molar-refractivity contribution is 5.89. The summed E-state index contributed by atoms with van der Waals surface area (Å²) in [5.41, 5.74) is 0. The summed E-state index contributed by atoms with van der Waals surface area (Å²) < 4.78 is 0. The summed E-state index contributed by atoms with van der Waals surface area (Å²) in [5.74, 6) is -1.99. The van der Waals surface area contributed by atoms with Gasteiger partial charge in [0.15, 0.2) is 0 Å². The van der Waals surface area contributed by atoms with E-state index in [1.165, 1.54) is 4.90 Å². The number of hydrogen-bond donors (Lipinski definition) is 2. The summed E-state index contributed by atoms with van der Waals surface area (Å²) >= 11 is 0. The van der Waals surface area contributed by atoms with Crippen molar-refractivity contribution in [1.82, 2.24) is 10.2 Å². The van der Waals surface area contributed by atoms with Gasteiger partial charge in [-0.2, -0.15) is 0 Å². The van der Waals surface area contributed by atoms with Crippen LogP contribution < -0.4 is 5.32 Å². The summed E-state index contributed by atoms with van der Waals surface area (Å²) in [6.45, 7) is 3.00. The summed E-state index contributed by atoms with van der Waals surface area (Å²) in [5, 5.41) is 11.9. The molecule has 1 heterocycles. The van der Waals surface area contributed by atoms with Gasteiger partial charge in [-0.1, -0.05) is 13.3 Å². The maximum absolute atomic E-state index is 12.4. The first-order chi connectivity index (χ1) is 9.02. The Bertz CT molecular complexity index is 396. The second-order valence-electron chi connectivity index (χ2n) is 5.41. The normalized spacial score (nSPS) is 31.1. The van der Waals surface area contributed by atoms with Crippen LogP contribution in [0.15, 0.2) is 0 Å². The highest BCUT2D eigenvalue weighted by Crippen LogP contribution is 2.39. The second-order valence-corrected chi connectivity index (χ2v) is 5.41. The van der Waals surface area contributed by atoms with Crippen molar-refractivity contribution in [3.8, 4) is 0 Å². The standard InChI is InChI=1S/C13H20N2O4/c1-2-8-5-9(10(6-8)13(18)19)12(17)15-4-3-14-11(16)7-15/h8-10H,2-7H2,1H3,(H,14,16)(H,18,19)/t8?,9-,10+/m0/s1. The fourth-order valence-electron chi connectivity index (χ4n) is 3.08. The van der Waals surface area contributed by atoms with Crippen LogP contribution in [0.5, 0.6) is 0 Å². The molecule has 0 aromatic carbocycles. The smallest absolute Gasteiger partial charge is 0.307 e. The molecular weight excluding hydrogens is 248 g/mol. The van der Waals surface area contributed by atoms with Gasteiger partial charge in [-0.25, -0.2) is 0 Å². The molecule has 0 aromatic rings. The van der Waals surface area contributed by atoms with Gasteiger partial charge in [-0.15, -0.1) is 0 Å². The van der Waals surface area contributed by atoms with Gasteiger partial charge < -0.3 is 15.3 Å². The largest absolute Gasteiger partial charge is 0.481 e. The Morgan fingerprint density at radius 2 is 2.05 bits per heavy atom. The first-order valence-electron chi connectivity index (χ1n) is 6.81. The Morgan fingerprint density at radius 3 is 2.63 bits per heavy atom. The minimum Gasteiger partial charge on any atom is -0.481 e. The van der Waals surface area contributed by atoms with Crippen LogP contribution >= 0.6 is 0 Å². The lowest BCUT2D eigenvalue weighted by Gasteiger charge is -2.30. The van der Waals surface area contributed by atoms with E-state index < -0.39 is 17.8 Å². The molecule has 1 saturated heterocycles. The van der Waals surface area contributed by atoms with Crippen molar-refractivity contribution in [3.05, 3.63) is 0 Å². The molecule has 1 aliphatic heterocycles. The zero-order valence-electron chi connectivity index (χ0n) is 11.1. The van der Waals surface area contributed by atoms with Crippen molar-refractivity contribution in [3.63, 3.8) is 0 Å². The van der Waals surface area contributed by atoms with Crippen LogP contribution in [0, 0.1) is 17.8 Å². The van der Waals surface area contributed by atoms with Gasteiger partial charge in [0.05, 0.1) is 18.4 Å². The summed E-state index contributed by atoms with van der Waals surface area (Å²) in [4.78, 5) is 36.5. The Balaban J connectivity index is 2.07. The van der Waals surface area contributed by atoms with Gasteiger partial charge in [0.1, 0.15) is 0 Å². The van der Waals surface area contributed by atoms with Gasteiger partial charge in [0.2, 0.25) is 11.8 Å². The first-order valence-corrected chi connectivity index (χ1v) is 6.81. The van der Waals surface area contributed by atoms with Crippen molar-refractivity contribution in [2.24, 2.45) is 17.8 Å². The number of carbonyl (C=O) groups is 3. The number of nitrogens with zero attached hydrogens (tertiary/aromatic N) is 1. The minimum absolute atomic E-state index is 0.0540. The third kappa shape index (κ3) is 2.88. The van der Waals surface area contributed by atoms with Crippen molar-refractivity contribution >= 4 is 17.8 Å². The Labute approximate surface area is 112 Å². The van der Waals surface area contributed by atoms with Crippen LogP contribution in [0.4, 0.5) is 0 Å². The molecule has 0 radical (unpaired) electrons. The van der Waals surface area contributed by atoms with Gasteiger partial charge in [0, 0.05) is 13.1 Å². The van der Waals surface area contributed by atoms with E-state index in [2.05, 4.69) is 5.32 Å².